The first-order chi connectivity index (χ1) is 11.5. The van der Waals surface area contributed by atoms with Gasteiger partial charge in [0.15, 0.2) is 17.9 Å². The van der Waals surface area contributed by atoms with Crippen LogP contribution in [0, 0.1) is 0 Å². The molecule has 1 amide bonds. The lowest BCUT2D eigenvalue weighted by Crippen LogP contribution is -2.31. The predicted octanol–water partition coefficient (Wildman–Crippen LogP) is 3.45. The van der Waals surface area contributed by atoms with E-state index in [-0.39, 0.29) is 11.8 Å². The highest BCUT2D eigenvalue weighted by Crippen LogP contribution is 2.18. The second-order valence-corrected chi connectivity index (χ2v) is 5.98. The number of nitrogens with zero attached hydrogens (tertiary/aromatic N) is 1. The van der Waals surface area contributed by atoms with Gasteiger partial charge in [-0.25, -0.2) is 9.78 Å². The average molecular weight is 414 g/mol. The van der Waals surface area contributed by atoms with Crippen LogP contribution in [0.1, 0.15) is 6.92 Å². The molecule has 126 valence electrons. The summed E-state index contributed by atoms with van der Waals surface area (Å²) >= 11 is 9.15. The van der Waals surface area contributed by atoms with Crippen molar-refractivity contribution in [3.05, 3.63) is 52.2 Å². The Labute approximate surface area is 152 Å². The zero-order valence-corrected chi connectivity index (χ0v) is 15.0. The van der Waals surface area contributed by atoms with Crippen molar-refractivity contribution >= 4 is 45.1 Å². The molecular weight excluding hydrogens is 400 g/mol. The number of carbonyl (C=O) groups is 2. The number of rotatable bonds is 6. The van der Waals surface area contributed by atoms with Gasteiger partial charge in [-0.1, -0.05) is 27.5 Å². The van der Waals surface area contributed by atoms with Gasteiger partial charge in [0.2, 0.25) is 0 Å². The van der Waals surface area contributed by atoms with Crippen LogP contribution in [0.2, 0.25) is 5.15 Å². The maximum absolute atomic E-state index is 12.0. The Kier molecular flexibility index (Phi) is 6.57. The molecule has 1 heterocycles. The Bertz CT molecular complexity index is 724. The minimum atomic E-state index is -0.998. The van der Waals surface area contributed by atoms with Crippen LogP contribution >= 0.6 is 27.5 Å². The second kappa shape index (κ2) is 8.65. The van der Waals surface area contributed by atoms with E-state index in [0.717, 1.165) is 4.47 Å². The Morgan fingerprint density at radius 1 is 1.29 bits per heavy atom. The summed E-state index contributed by atoms with van der Waals surface area (Å²) in [6, 6.07) is 10.2. The summed E-state index contributed by atoms with van der Waals surface area (Å²) < 4.78 is 11.2. The van der Waals surface area contributed by atoms with Gasteiger partial charge in [0.1, 0.15) is 5.75 Å². The maximum Gasteiger partial charge on any atom is 0.344 e. The fourth-order valence-electron chi connectivity index (χ4n) is 1.67. The average Bonchev–Trinajstić information content (AvgIpc) is 2.56. The van der Waals surface area contributed by atoms with Gasteiger partial charge < -0.3 is 14.8 Å². The minimum absolute atomic E-state index is 0.156. The van der Waals surface area contributed by atoms with Crippen LogP contribution in [0.3, 0.4) is 0 Å². The van der Waals surface area contributed by atoms with Gasteiger partial charge in [0.05, 0.1) is 5.69 Å². The van der Waals surface area contributed by atoms with Crippen molar-refractivity contribution in [2.45, 2.75) is 13.0 Å². The van der Waals surface area contributed by atoms with Gasteiger partial charge in [-0.3, -0.25) is 4.79 Å². The first-order valence-corrected chi connectivity index (χ1v) is 8.12. The fraction of sp³-hybridized carbons (Fsp3) is 0.188. The fourth-order valence-corrected chi connectivity index (χ4v) is 2.10. The number of benzene rings is 1. The number of esters is 1. The van der Waals surface area contributed by atoms with Crippen molar-refractivity contribution in [2.24, 2.45) is 0 Å². The summed E-state index contributed by atoms with van der Waals surface area (Å²) in [5.74, 6) is -0.644. The molecule has 0 aliphatic heterocycles. The van der Waals surface area contributed by atoms with Crippen molar-refractivity contribution in [1.82, 2.24) is 4.98 Å². The van der Waals surface area contributed by atoms with Gasteiger partial charge in [-0.05, 0) is 43.3 Å². The zero-order valence-electron chi connectivity index (χ0n) is 12.7. The Morgan fingerprint density at radius 3 is 2.67 bits per heavy atom. The van der Waals surface area contributed by atoms with E-state index in [1.54, 1.807) is 36.4 Å². The number of hydrogen-bond donors (Lipinski definition) is 1. The molecule has 1 aromatic carbocycles. The molecular formula is C16H14BrClN2O4. The molecule has 0 bridgehead atoms. The number of hydrogen-bond acceptors (Lipinski definition) is 5. The number of aromatic nitrogens is 1. The molecule has 0 aliphatic rings. The summed E-state index contributed by atoms with van der Waals surface area (Å²) in [6.45, 7) is 1.16. The van der Waals surface area contributed by atoms with Crippen molar-refractivity contribution in [1.29, 1.82) is 0 Å². The molecule has 24 heavy (non-hydrogen) atoms. The van der Waals surface area contributed by atoms with Gasteiger partial charge in [0.25, 0.3) is 5.91 Å². The van der Waals surface area contributed by atoms with E-state index in [1.165, 1.54) is 13.1 Å². The van der Waals surface area contributed by atoms with Crippen LogP contribution in [-0.2, 0) is 14.3 Å². The highest BCUT2D eigenvalue weighted by atomic mass is 79.9. The molecule has 1 N–H and O–H groups in total. The van der Waals surface area contributed by atoms with Crippen LogP contribution in [0.15, 0.2) is 47.1 Å². The minimum Gasteiger partial charge on any atom is -0.482 e. The summed E-state index contributed by atoms with van der Waals surface area (Å²) in [6.07, 6.45) is 0.503. The predicted molar refractivity (Wildman–Crippen MR) is 93.1 cm³/mol. The number of amides is 1. The van der Waals surface area contributed by atoms with Gasteiger partial charge in [-0.15, -0.1) is 0 Å². The van der Waals surface area contributed by atoms with Gasteiger partial charge in [0, 0.05) is 10.7 Å². The van der Waals surface area contributed by atoms with Crippen LogP contribution < -0.4 is 10.1 Å². The van der Waals surface area contributed by atoms with E-state index in [2.05, 4.69) is 26.2 Å². The first kappa shape index (κ1) is 18.2. The van der Waals surface area contributed by atoms with E-state index < -0.39 is 18.0 Å². The Balaban J connectivity index is 1.81. The number of anilines is 1. The lowest BCUT2D eigenvalue weighted by molar-refractivity contribution is -0.155. The van der Waals surface area contributed by atoms with Crippen molar-refractivity contribution in [3.8, 4) is 5.75 Å². The van der Waals surface area contributed by atoms with Crippen LogP contribution in [-0.4, -0.2) is 29.6 Å². The third kappa shape index (κ3) is 5.50. The topological polar surface area (TPSA) is 77.5 Å². The first-order valence-electron chi connectivity index (χ1n) is 6.95. The molecule has 2 rings (SSSR count). The SMILES string of the molecule is CC(OC(=O)COc1ccc(Br)cc1)C(=O)Nc1cccnc1Cl. The molecule has 6 nitrogen and oxygen atoms in total. The second-order valence-electron chi connectivity index (χ2n) is 4.71. The molecule has 0 fully saturated rings. The molecule has 0 saturated heterocycles. The molecule has 1 unspecified atom stereocenters. The van der Waals surface area contributed by atoms with Crippen LogP contribution in [0.25, 0.3) is 0 Å². The molecule has 0 saturated carbocycles. The number of halogens is 2. The lowest BCUT2D eigenvalue weighted by atomic mass is 10.3. The van der Waals surface area contributed by atoms with E-state index in [0.29, 0.717) is 11.4 Å². The highest BCUT2D eigenvalue weighted by Gasteiger charge is 2.19. The van der Waals surface area contributed by atoms with Crippen molar-refractivity contribution in [3.63, 3.8) is 0 Å². The van der Waals surface area contributed by atoms with Gasteiger partial charge >= 0.3 is 5.97 Å². The zero-order chi connectivity index (χ0) is 17.5. The molecule has 1 aromatic heterocycles. The molecule has 1 atom stereocenters. The molecule has 0 aliphatic carbocycles. The standard InChI is InChI=1S/C16H14BrClN2O4/c1-10(16(22)20-13-3-2-8-19-15(13)18)24-14(21)9-23-12-6-4-11(17)5-7-12/h2-8,10H,9H2,1H3,(H,20,22). The molecule has 0 radical (unpaired) electrons. The molecule has 8 heteroatoms. The van der Waals surface area contributed by atoms with Gasteiger partial charge in [-0.2, -0.15) is 0 Å². The highest BCUT2D eigenvalue weighted by molar-refractivity contribution is 9.10. The summed E-state index contributed by atoms with van der Waals surface area (Å²) in [4.78, 5) is 27.6. The van der Waals surface area contributed by atoms with Crippen LogP contribution in [0.5, 0.6) is 5.75 Å². The van der Waals surface area contributed by atoms with Crippen molar-refractivity contribution in [2.75, 3.05) is 11.9 Å². The van der Waals surface area contributed by atoms with E-state index >= 15 is 0 Å². The summed E-state index contributed by atoms with van der Waals surface area (Å²) in [7, 11) is 0. The third-order valence-electron chi connectivity index (χ3n) is 2.86. The van der Waals surface area contributed by atoms with E-state index in [4.69, 9.17) is 21.1 Å². The number of ether oxygens (including phenoxy) is 2. The lowest BCUT2D eigenvalue weighted by Gasteiger charge is -2.14. The monoisotopic (exact) mass is 412 g/mol. The quantitative estimate of drug-likeness (QED) is 0.580. The summed E-state index contributed by atoms with van der Waals surface area (Å²) in [5.41, 5.74) is 0.346. The van der Waals surface area contributed by atoms with E-state index in [1.807, 2.05) is 0 Å². The number of carbonyl (C=O) groups excluding carboxylic acids is 2. The van der Waals surface area contributed by atoms with E-state index in [9.17, 15) is 9.59 Å². The van der Waals surface area contributed by atoms with Crippen molar-refractivity contribution < 1.29 is 19.1 Å². The normalized spacial score (nSPS) is 11.5. The van der Waals surface area contributed by atoms with Crippen LogP contribution in [0.4, 0.5) is 5.69 Å². The maximum atomic E-state index is 12.0. The molecule has 2 aromatic rings. The Hall–Kier alpha value is -2.12. The smallest absolute Gasteiger partial charge is 0.344 e. The third-order valence-corrected chi connectivity index (χ3v) is 3.69. The largest absolute Gasteiger partial charge is 0.482 e. The molecule has 0 spiro atoms. The number of pyridine rings is 1. The summed E-state index contributed by atoms with van der Waals surface area (Å²) in [5, 5.41) is 2.69. The Morgan fingerprint density at radius 2 is 2.00 bits per heavy atom. The number of nitrogens with one attached hydrogen (secondary N) is 1.